The van der Waals surface area contributed by atoms with Gasteiger partial charge in [-0.1, -0.05) is 54.4 Å². The van der Waals surface area contributed by atoms with Crippen molar-refractivity contribution in [3.63, 3.8) is 0 Å². The van der Waals surface area contributed by atoms with Crippen molar-refractivity contribution in [3.8, 4) is 0 Å². The van der Waals surface area contributed by atoms with Crippen molar-refractivity contribution in [2.45, 2.75) is 70.4 Å². The SMILES string of the molecule is CC(=O)SCCCCC[C@@](NC(=O)[C@@H]1CCCC(=O)N1)(C(N)=O)c1ccc(C)cc1. The number of primary amides is 1. The van der Waals surface area contributed by atoms with Gasteiger partial charge in [0.25, 0.3) is 0 Å². The molecule has 4 N–H and O–H groups in total. The van der Waals surface area contributed by atoms with Crippen LogP contribution in [0, 0.1) is 6.92 Å². The summed E-state index contributed by atoms with van der Waals surface area (Å²) >= 11 is 1.28. The van der Waals surface area contributed by atoms with Crippen LogP contribution in [-0.2, 0) is 24.7 Å². The summed E-state index contributed by atoms with van der Waals surface area (Å²) in [6.45, 7) is 3.48. The lowest BCUT2D eigenvalue weighted by Gasteiger charge is -2.35. The first-order valence-electron chi connectivity index (χ1n) is 10.4. The van der Waals surface area contributed by atoms with Crippen molar-refractivity contribution in [1.82, 2.24) is 10.6 Å². The number of carbonyl (C=O) groups is 4. The Morgan fingerprint density at radius 2 is 1.90 bits per heavy atom. The highest BCUT2D eigenvalue weighted by Crippen LogP contribution is 2.29. The van der Waals surface area contributed by atoms with Gasteiger partial charge in [-0.25, -0.2) is 0 Å². The molecule has 0 bridgehead atoms. The van der Waals surface area contributed by atoms with Crippen LogP contribution < -0.4 is 16.4 Å². The van der Waals surface area contributed by atoms with Crippen LogP contribution in [0.4, 0.5) is 0 Å². The van der Waals surface area contributed by atoms with Crippen LogP contribution in [0.15, 0.2) is 24.3 Å². The number of unbranched alkanes of at least 4 members (excludes halogenated alkanes) is 2. The number of thioether (sulfide) groups is 1. The summed E-state index contributed by atoms with van der Waals surface area (Å²) in [5.74, 6) is -0.455. The number of aryl methyl sites for hydroxylation is 1. The second-order valence-corrected chi connectivity index (χ2v) is 9.06. The number of piperidine rings is 1. The fourth-order valence-electron chi connectivity index (χ4n) is 3.63. The van der Waals surface area contributed by atoms with Gasteiger partial charge in [0.2, 0.25) is 17.7 Å². The second-order valence-electron chi connectivity index (χ2n) is 7.79. The van der Waals surface area contributed by atoms with Crippen LogP contribution >= 0.6 is 11.8 Å². The lowest BCUT2D eigenvalue weighted by Crippen LogP contribution is -2.60. The van der Waals surface area contributed by atoms with Gasteiger partial charge in [0.15, 0.2) is 5.12 Å². The maximum absolute atomic E-state index is 12.9. The zero-order valence-electron chi connectivity index (χ0n) is 17.7. The Balaban J connectivity index is 2.17. The van der Waals surface area contributed by atoms with E-state index >= 15 is 0 Å². The molecule has 0 spiro atoms. The normalized spacial score (nSPS) is 18.2. The molecule has 1 aliphatic heterocycles. The molecule has 1 aliphatic rings. The molecule has 2 rings (SSSR count). The molecule has 7 nitrogen and oxygen atoms in total. The molecule has 30 heavy (non-hydrogen) atoms. The number of benzene rings is 1. The number of carbonyl (C=O) groups excluding carboxylic acids is 4. The fraction of sp³-hybridized carbons (Fsp3) is 0.545. The van der Waals surface area contributed by atoms with E-state index in [2.05, 4.69) is 10.6 Å². The van der Waals surface area contributed by atoms with E-state index in [1.807, 2.05) is 31.2 Å². The van der Waals surface area contributed by atoms with Gasteiger partial charge in [-0.2, -0.15) is 0 Å². The molecule has 1 aromatic carbocycles. The summed E-state index contributed by atoms with van der Waals surface area (Å²) in [5.41, 5.74) is 6.16. The standard InChI is InChI=1S/C22H31N3O4S/c1-15-9-11-17(12-10-15)22(21(23)29,13-4-3-5-14-30-16(2)26)25-20(28)18-7-6-8-19(27)24-18/h9-12,18H,3-8,13-14H2,1-2H3,(H2,23,29)(H,24,27)(H,25,28)/t18-,22-/m0/s1. The Bertz CT molecular complexity index is 781. The summed E-state index contributed by atoms with van der Waals surface area (Å²) in [6.07, 6.45) is 4.21. The first kappa shape index (κ1) is 23.9. The summed E-state index contributed by atoms with van der Waals surface area (Å²) in [7, 11) is 0. The summed E-state index contributed by atoms with van der Waals surface area (Å²) in [5, 5.41) is 5.66. The largest absolute Gasteiger partial charge is 0.367 e. The average Bonchev–Trinajstić information content (AvgIpc) is 2.69. The van der Waals surface area contributed by atoms with E-state index in [4.69, 9.17) is 5.73 Å². The molecule has 0 radical (unpaired) electrons. The third-order valence-electron chi connectivity index (χ3n) is 5.35. The molecule has 0 aromatic heterocycles. The number of rotatable bonds is 10. The Morgan fingerprint density at radius 3 is 2.50 bits per heavy atom. The number of nitrogens with two attached hydrogens (primary N) is 1. The Kier molecular flexibility index (Phi) is 8.89. The highest BCUT2D eigenvalue weighted by atomic mass is 32.2. The highest BCUT2D eigenvalue weighted by molar-refractivity contribution is 8.13. The van der Waals surface area contributed by atoms with Gasteiger partial charge in [0.1, 0.15) is 11.6 Å². The summed E-state index contributed by atoms with van der Waals surface area (Å²) in [6, 6.07) is 6.72. The zero-order chi connectivity index (χ0) is 22.1. The van der Waals surface area contributed by atoms with E-state index in [1.165, 1.54) is 11.8 Å². The van der Waals surface area contributed by atoms with Crippen molar-refractivity contribution >= 4 is 34.6 Å². The maximum atomic E-state index is 12.9. The van der Waals surface area contributed by atoms with Crippen molar-refractivity contribution in [2.24, 2.45) is 5.73 Å². The van der Waals surface area contributed by atoms with E-state index in [1.54, 1.807) is 6.92 Å². The zero-order valence-corrected chi connectivity index (χ0v) is 18.5. The first-order valence-corrected chi connectivity index (χ1v) is 11.3. The van der Waals surface area contributed by atoms with Crippen LogP contribution in [0.2, 0.25) is 0 Å². The molecular formula is C22H31N3O4S. The molecular weight excluding hydrogens is 402 g/mol. The monoisotopic (exact) mass is 433 g/mol. The number of amides is 3. The summed E-state index contributed by atoms with van der Waals surface area (Å²) < 4.78 is 0. The van der Waals surface area contributed by atoms with Crippen molar-refractivity contribution in [2.75, 3.05) is 5.75 Å². The van der Waals surface area contributed by atoms with Crippen molar-refractivity contribution < 1.29 is 19.2 Å². The number of nitrogens with one attached hydrogen (secondary N) is 2. The number of hydrogen-bond donors (Lipinski definition) is 3. The van der Waals surface area contributed by atoms with E-state index < -0.39 is 23.4 Å². The van der Waals surface area contributed by atoms with Gasteiger partial charge >= 0.3 is 0 Å². The van der Waals surface area contributed by atoms with Gasteiger partial charge in [-0.05, 0) is 38.2 Å². The van der Waals surface area contributed by atoms with Crippen LogP contribution in [0.1, 0.15) is 63.0 Å². The Labute approximate surface area is 181 Å². The maximum Gasteiger partial charge on any atom is 0.247 e. The molecule has 1 saturated heterocycles. The van der Waals surface area contributed by atoms with Crippen LogP contribution in [0.3, 0.4) is 0 Å². The molecule has 0 unspecified atom stereocenters. The van der Waals surface area contributed by atoms with Gasteiger partial charge in [0, 0.05) is 19.1 Å². The molecule has 0 saturated carbocycles. The predicted molar refractivity (Wildman–Crippen MR) is 118 cm³/mol. The van der Waals surface area contributed by atoms with Gasteiger partial charge in [-0.15, -0.1) is 0 Å². The lowest BCUT2D eigenvalue weighted by molar-refractivity contribution is -0.136. The van der Waals surface area contributed by atoms with Crippen molar-refractivity contribution in [1.29, 1.82) is 0 Å². The molecule has 164 valence electrons. The lowest BCUT2D eigenvalue weighted by atomic mass is 9.83. The molecule has 3 amide bonds. The Hall–Kier alpha value is -2.35. The van der Waals surface area contributed by atoms with E-state index in [0.717, 1.165) is 24.2 Å². The molecule has 1 aromatic rings. The second kappa shape index (κ2) is 11.2. The molecule has 1 heterocycles. The van der Waals surface area contributed by atoms with E-state index in [-0.39, 0.29) is 11.0 Å². The fourth-order valence-corrected chi connectivity index (χ4v) is 4.26. The van der Waals surface area contributed by atoms with E-state index in [9.17, 15) is 19.2 Å². The Morgan fingerprint density at radius 1 is 1.20 bits per heavy atom. The third kappa shape index (κ3) is 6.58. The minimum atomic E-state index is -1.35. The van der Waals surface area contributed by atoms with Gasteiger partial charge in [0.05, 0.1) is 0 Å². The first-order chi connectivity index (χ1) is 14.2. The van der Waals surface area contributed by atoms with Crippen LogP contribution in [0.5, 0.6) is 0 Å². The molecule has 1 fully saturated rings. The summed E-state index contributed by atoms with van der Waals surface area (Å²) in [4.78, 5) is 48.4. The highest BCUT2D eigenvalue weighted by Gasteiger charge is 2.41. The quantitative estimate of drug-likeness (QED) is 0.489. The minimum Gasteiger partial charge on any atom is -0.367 e. The average molecular weight is 434 g/mol. The molecule has 8 heteroatoms. The molecule has 2 atom stereocenters. The predicted octanol–water partition coefficient (Wildman–Crippen LogP) is 2.30. The van der Waals surface area contributed by atoms with Crippen LogP contribution in [0.25, 0.3) is 0 Å². The smallest absolute Gasteiger partial charge is 0.247 e. The van der Waals surface area contributed by atoms with Gasteiger partial charge in [-0.3, -0.25) is 19.2 Å². The third-order valence-corrected chi connectivity index (χ3v) is 6.25. The van der Waals surface area contributed by atoms with Crippen molar-refractivity contribution in [3.05, 3.63) is 35.4 Å². The van der Waals surface area contributed by atoms with Crippen LogP contribution in [-0.4, -0.2) is 34.6 Å². The molecule has 0 aliphatic carbocycles. The topological polar surface area (TPSA) is 118 Å². The minimum absolute atomic E-state index is 0.0860. The number of hydrogen-bond acceptors (Lipinski definition) is 5. The van der Waals surface area contributed by atoms with E-state index in [0.29, 0.717) is 37.7 Å². The van der Waals surface area contributed by atoms with Gasteiger partial charge < -0.3 is 16.4 Å².